The van der Waals surface area contributed by atoms with Crippen LogP contribution < -0.4 is 0 Å². The van der Waals surface area contributed by atoms with Crippen LogP contribution in [-0.2, 0) is 0 Å². The van der Waals surface area contributed by atoms with Crippen LogP contribution in [0.15, 0.2) is 0 Å². The minimum Gasteiger partial charge on any atom is -0.335 e. The Labute approximate surface area is 94.2 Å². The van der Waals surface area contributed by atoms with Crippen LogP contribution in [0.4, 0.5) is 26.3 Å². The Hall–Kier alpha value is -0.500. The van der Waals surface area contributed by atoms with Crippen molar-refractivity contribution in [3.63, 3.8) is 0 Å². The van der Waals surface area contributed by atoms with Gasteiger partial charge in [0.1, 0.15) is 0 Å². The molecule has 1 unspecified atom stereocenters. The highest BCUT2D eigenvalue weighted by atomic mass is 19.3. The van der Waals surface area contributed by atoms with Gasteiger partial charge in [0.15, 0.2) is 6.17 Å². The number of halogens is 6. The fraction of sp³-hybridized carbons (Fsp3) is 1.00. The van der Waals surface area contributed by atoms with Crippen LogP contribution in [-0.4, -0.2) is 34.3 Å². The Balaban J connectivity index is 4.75. The molecule has 1 atom stereocenters. The first-order valence-electron chi connectivity index (χ1n) is 5.01. The second-order valence-electron chi connectivity index (χ2n) is 3.75. The van der Waals surface area contributed by atoms with E-state index in [1.165, 1.54) is 0 Å². The molecule has 0 aromatic heterocycles. The largest absolute Gasteiger partial charge is 0.396 e. The summed E-state index contributed by atoms with van der Waals surface area (Å²) >= 11 is 0. The van der Waals surface area contributed by atoms with Crippen LogP contribution in [0, 0.1) is 0 Å². The molecule has 17 heavy (non-hydrogen) atoms. The molecule has 2 nitrogen and oxygen atoms in total. The second-order valence-corrected chi connectivity index (χ2v) is 3.75. The molecule has 0 fully saturated rings. The van der Waals surface area contributed by atoms with Crippen LogP contribution in [0.25, 0.3) is 0 Å². The van der Waals surface area contributed by atoms with Gasteiger partial charge in [0.2, 0.25) is 0 Å². The minimum absolute atomic E-state index is 0.0838. The van der Waals surface area contributed by atoms with Crippen LogP contribution >= 0.6 is 0 Å². The lowest BCUT2D eigenvalue weighted by atomic mass is 10.0. The molecule has 2 N–H and O–H groups in total. The molecular formula is C9H14F6O2. The molecular weight excluding hydrogens is 254 g/mol. The first-order valence-corrected chi connectivity index (χ1v) is 5.01. The molecule has 0 rings (SSSR count). The topological polar surface area (TPSA) is 40.5 Å². The smallest absolute Gasteiger partial charge is 0.335 e. The standard InChI is InChI=1S/C9H14F6O2/c1-2-3-4-5-6(10)7(11,12)8(13,14)9(15,16)17/h6,16-17H,2-5H2,1H3. The quantitative estimate of drug-likeness (QED) is 0.423. The Kier molecular flexibility index (Phi) is 5.27. The zero-order valence-electron chi connectivity index (χ0n) is 9.07. The van der Waals surface area contributed by atoms with Crippen LogP contribution in [0.1, 0.15) is 32.6 Å². The summed E-state index contributed by atoms with van der Waals surface area (Å²) in [6.45, 7) is 1.69. The number of alkyl halides is 6. The van der Waals surface area contributed by atoms with Gasteiger partial charge < -0.3 is 10.2 Å². The zero-order chi connectivity index (χ0) is 13.9. The van der Waals surface area contributed by atoms with Crippen molar-refractivity contribution in [2.75, 3.05) is 0 Å². The summed E-state index contributed by atoms with van der Waals surface area (Å²) in [4.78, 5) is 0. The van der Waals surface area contributed by atoms with E-state index < -0.39 is 30.5 Å². The maximum atomic E-state index is 12.9. The van der Waals surface area contributed by atoms with Gasteiger partial charge in [0.25, 0.3) is 0 Å². The van der Waals surface area contributed by atoms with Crippen LogP contribution in [0.2, 0.25) is 0 Å². The molecule has 0 aliphatic heterocycles. The van der Waals surface area contributed by atoms with Crippen molar-refractivity contribution in [1.82, 2.24) is 0 Å². The molecule has 0 aliphatic carbocycles. The number of aliphatic hydroxyl groups is 2. The zero-order valence-corrected chi connectivity index (χ0v) is 9.07. The van der Waals surface area contributed by atoms with Crippen molar-refractivity contribution in [2.45, 2.75) is 56.7 Å². The van der Waals surface area contributed by atoms with E-state index in [1.807, 2.05) is 0 Å². The van der Waals surface area contributed by atoms with E-state index in [-0.39, 0.29) is 6.42 Å². The molecule has 0 aromatic carbocycles. The molecule has 0 amide bonds. The Morgan fingerprint density at radius 3 is 1.82 bits per heavy atom. The van der Waals surface area contributed by atoms with Crippen molar-refractivity contribution in [3.05, 3.63) is 0 Å². The van der Waals surface area contributed by atoms with E-state index in [2.05, 4.69) is 0 Å². The summed E-state index contributed by atoms with van der Waals surface area (Å²) in [6, 6.07) is -5.47. The molecule has 0 aromatic rings. The van der Waals surface area contributed by atoms with Crippen molar-refractivity contribution < 1.29 is 36.6 Å². The van der Waals surface area contributed by atoms with Crippen molar-refractivity contribution in [3.8, 4) is 0 Å². The van der Waals surface area contributed by atoms with Gasteiger partial charge in [0.05, 0.1) is 0 Å². The average Bonchev–Trinajstić information content (AvgIpc) is 2.15. The number of hydrogen-bond acceptors (Lipinski definition) is 2. The third kappa shape index (κ3) is 3.48. The summed E-state index contributed by atoms with van der Waals surface area (Å²) < 4.78 is 75.9. The molecule has 0 bridgehead atoms. The van der Waals surface area contributed by atoms with Gasteiger partial charge >= 0.3 is 17.9 Å². The van der Waals surface area contributed by atoms with E-state index in [9.17, 15) is 26.3 Å². The van der Waals surface area contributed by atoms with Gasteiger partial charge in [-0.3, -0.25) is 0 Å². The predicted octanol–water partition coefficient (Wildman–Crippen LogP) is 2.78. The molecule has 0 spiro atoms. The Morgan fingerprint density at radius 1 is 1.00 bits per heavy atom. The maximum absolute atomic E-state index is 12.9. The number of hydrogen-bond donors (Lipinski definition) is 2. The van der Waals surface area contributed by atoms with Gasteiger partial charge in [-0.05, 0) is 6.42 Å². The molecule has 0 heterocycles. The molecule has 0 saturated carbocycles. The Bertz CT molecular complexity index is 238. The van der Waals surface area contributed by atoms with Gasteiger partial charge in [-0.25, -0.2) is 4.39 Å². The Morgan fingerprint density at radius 2 is 1.47 bits per heavy atom. The fourth-order valence-electron chi connectivity index (χ4n) is 1.16. The third-order valence-electron chi connectivity index (χ3n) is 2.27. The maximum Gasteiger partial charge on any atom is 0.396 e. The fourth-order valence-corrected chi connectivity index (χ4v) is 1.16. The van der Waals surface area contributed by atoms with E-state index in [0.717, 1.165) is 0 Å². The van der Waals surface area contributed by atoms with Gasteiger partial charge in [0, 0.05) is 0 Å². The summed E-state index contributed by atoms with van der Waals surface area (Å²) in [5, 5.41) is 15.8. The van der Waals surface area contributed by atoms with Gasteiger partial charge in [-0.1, -0.05) is 26.2 Å². The lowest BCUT2D eigenvalue weighted by Gasteiger charge is -2.32. The summed E-state index contributed by atoms with van der Waals surface area (Å²) in [5.74, 6) is -11.4. The highest BCUT2D eigenvalue weighted by Gasteiger charge is 2.73. The second kappa shape index (κ2) is 5.43. The van der Waals surface area contributed by atoms with Crippen LogP contribution in [0.3, 0.4) is 0 Å². The van der Waals surface area contributed by atoms with Crippen molar-refractivity contribution >= 4 is 0 Å². The molecule has 0 saturated heterocycles. The number of unbranched alkanes of at least 4 members (excludes halogenated alkanes) is 2. The first kappa shape index (κ1) is 16.5. The normalized spacial score (nSPS) is 16.1. The predicted molar refractivity (Wildman–Crippen MR) is 47.2 cm³/mol. The molecule has 0 aliphatic rings. The highest BCUT2D eigenvalue weighted by molar-refractivity contribution is 4.95. The summed E-state index contributed by atoms with van der Waals surface area (Å²) in [6.07, 6.45) is -3.44. The van der Waals surface area contributed by atoms with E-state index >= 15 is 0 Å². The SMILES string of the molecule is CCCCCC(F)C(F)(F)C(F)(F)C(O)(O)F. The van der Waals surface area contributed by atoms with E-state index in [4.69, 9.17) is 10.2 Å². The highest BCUT2D eigenvalue weighted by Crippen LogP contribution is 2.46. The van der Waals surface area contributed by atoms with Gasteiger partial charge in [-0.2, -0.15) is 22.0 Å². The third-order valence-corrected chi connectivity index (χ3v) is 2.27. The van der Waals surface area contributed by atoms with Crippen molar-refractivity contribution in [1.29, 1.82) is 0 Å². The monoisotopic (exact) mass is 268 g/mol. The molecule has 8 heteroatoms. The molecule has 0 radical (unpaired) electrons. The lowest BCUT2D eigenvalue weighted by molar-refractivity contribution is -0.421. The lowest BCUT2D eigenvalue weighted by Crippen LogP contribution is -2.60. The first-order chi connectivity index (χ1) is 7.48. The van der Waals surface area contributed by atoms with Crippen LogP contribution in [0.5, 0.6) is 0 Å². The van der Waals surface area contributed by atoms with Gasteiger partial charge in [-0.15, -0.1) is 0 Å². The molecule has 104 valence electrons. The summed E-state index contributed by atoms with van der Waals surface area (Å²) in [7, 11) is 0. The number of rotatable bonds is 7. The average molecular weight is 268 g/mol. The van der Waals surface area contributed by atoms with E-state index in [0.29, 0.717) is 12.8 Å². The minimum atomic E-state index is -5.91. The summed E-state index contributed by atoms with van der Waals surface area (Å²) in [5.41, 5.74) is 0. The van der Waals surface area contributed by atoms with Crippen molar-refractivity contribution in [2.24, 2.45) is 0 Å². The van der Waals surface area contributed by atoms with E-state index in [1.54, 1.807) is 6.92 Å².